The highest BCUT2D eigenvalue weighted by molar-refractivity contribution is 7.72. The van der Waals surface area contributed by atoms with Crippen LogP contribution in [0.2, 0.25) is 20.1 Å². The van der Waals surface area contributed by atoms with Crippen molar-refractivity contribution in [3.05, 3.63) is 80.3 Å². The zero-order chi connectivity index (χ0) is 18.8. The lowest BCUT2D eigenvalue weighted by molar-refractivity contribution is 0.479. The quantitative estimate of drug-likeness (QED) is 0.459. The second-order valence-corrected chi connectivity index (χ2v) is 9.41. The van der Waals surface area contributed by atoms with Gasteiger partial charge in [-0.15, -0.1) is 0 Å². The van der Waals surface area contributed by atoms with Crippen molar-refractivity contribution in [2.75, 3.05) is 0 Å². The van der Waals surface area contributed by atoms with Gasteiger partial charge in [-0.3, -0.25) is 0 Å². The van der Waals surface area contributed by atoms with Crippen LogP contribution >= 0.6 is 54.3 Å². The molecule has 0 amide bonds. The molecular formula is C19H13Cl4O2P. The highest BCUT2D eigenvalue weighted by Crippen LogP contribution is 2.47. The average molecular weight is 446 g/mol. The van der Waals surface area contributed by atoms with Gasteiger partial charge in [0.25, 0.3) is 0 Å². The predicted molar refractivity (Wildman–Crippen MR) is 113 cm³/mol. The second-order valence-electron chi connectivity index (χ2n) is 5.58. The Morgan fingerprint density at radius 3 is 1.62 bits per heavy atom. The first-order valence-corrected chi connectivity index (χ1v) is 10.6. The minimum absolute atomic E-state index is 0.0615. The van der Waals surface area contributed by atoms with E-state index in [1.807, 2.05) is 30.3 Å². The molecule has 0 atom stereocenters. The number of phenolic OH excluding ortho intramolecular Hbond substituents is 2. The van der Waals surface area contributed by atoms with Crippen molar-refractivity contribution in [1.29, 1.82) is 0 Å². The largest absolute Gasteiger partial charge is 0.506 e. The summed E-state index contributed by atoms with van der Waals surface area (Å²) in [5, 5.41) is 23.3. The first-order valence-electron chi connectivity index (χ1n) is 7.54. The Balaban J connectivity index is 2.21. The Morgan fingerprint density at radius 2 is 1.15 bits per heavy atom. The maximum absolute atomic E-state index is 10.5. The number of benzene rings is 3. The fourth-order valence-electron chi connectivity index (χ4n) is 2.58. The lowest BCUT2D eigenvalue weighted by Gasteiger charge is -2.22. The predicted octanol–water partition coefficient (Wildman–Crippen LogP) is 6.34. The standard InChI is InChI=1S/C19H13Cl4O2P/c20-12-6-14(22)18(24)16(8-12)26(10-11-4-2-1-3-5-11)17-9-13(21)7-15(23)19(17)25/h1-9,24-25H,10H2. The van der Waals surface area contributed by atoms with E-state index in [1.165, 1.54) is 12.1 Å². The molecule has 0 spiro atoms. The molecule has 0 unspecified atom stereocenters. The second kappa shape index (κ2) is 8.25. The van der Waals surface area contributed by atoms with E-state index >= 15 is 0 Å². The maximum Gasteiger partial charge on any atom is 0.142 e. The van der Waals surface area contributed by atoms with Gasteiger partial charge >= 0.3 is 0 Å². The number of phenols is 2. The first kappa shape index (κ1) is 19.6. The molecule has 0 fully saturated rings. The third kappa shape index (κ3) is 4.22. The van der Waals surface area contributed by atoms with Crippen LogP contribution in [0.4, 0.5) is 0 Å². The van der Waals surface area contributed by atoms with E-state index in [4.69, 9.17) is 46.4 Å². The van der Waals surface area contributed by atoms with Crippen LogP contribution in [0.1, 0.15) is 5.56 Å². The van der Waals surface area contributed by atoms with Crippen molar-refractivity contribution in [1.82, 2.24) is 0 Å². The number of hydrogen-bond acceptors (Lipinski definition) is 2. The van der Waals surface area contributed by atoms with E-state index < -0.39 is 7.92 Å². The van der Waals surface area contributed by atoms with Crippen molar-refractivity contribution in [3.8, 4) is 11.5 Å². The third-order valence-electron chi connectivity index (χ3n) is 3.78. The van der Waals surface area contributed by atoms with E-state index in [0.717, 1.165) is 5.56 Å². The normalized spacial score (nSPS) is 11.1. The number of rotatable bonds is 4. The van der Waals surface area contributed by atoms with Crippen molar-refractivity contribution in [2.24, 2.45) is 0 Å². The highest BCUT2D eigenvalue weighted by Gasteiger charge is 2.24. The third-order valence-corrected chi connectivity index (χ3v) is 7.32. The van der Waals surface area contributed by atoms with Gasteiger partial charge in [0.2, 0.25) is 0 Å². The van der Waals surface area contributed by atoms with E-state index in [1.54, 1.807) is 12.1 Å². The molecule has 0 aliphatic rings. The van der Waals surface area contributed by atoms with Gasteiger partial charge in [-0.2, -0.15) is 0 Å². The molecule has 3 rings (SSSR count). The summed E-state index contributed by atoms with van der Waals surface area (Å²) in [5.74, 6) is -0.123. The van der Waals surface area contributed by atoms with Crippen LogP contribution in [0.5, 0.6) is 11.5 Å². The molecule has 0 saturated heterocycles. The van der Waals surface area contributed by atoms with E-state index in [9.17, 15) is 10.2 Å². The summed E-state index contributed by atoms with van der Waals surface area (Å²) in [6.45, 7) is 0. The van der Waals surface area contributed by atoms with E-state index in [0.29, 0.717) is 26.8 Å². The fourth-order valence-corrected chi connectivity index (χ4v) is 6.37. The molecule has 0 aliphatic heterocycles. The van der Waals surface area contributed by atoms with Crippen LogP contribution in [0.25, 0.3) is 0 Å². The van der Waals surface area contributed by atoms with Gasteiger partial charge in [0.1, 0.15) is 11.5 Å². The Kier molecular flexibility index (Phi) is 6.22. The van der Waals surface area contributed by atoms with Gasteiger partial charge in [0.15, 0.2) is 0 Å². The highest BCUT2D eigenvalue weighted by atomic mass is 35.5. The molecule has 0 bridgehead atoms. The minimum Gasteiger partial charge on any atom is -0.506 e. The molecule has 7 heteroatoms. The molecule has 0 heterocycles. The lowest BCUT2D eigenvalue weighted by Crippen LogP contribution is -2.15. The Hall–Kier alpha value is -1.15. The molecule has 134 valence electrons. The summed E-state index contributed by atoms with van der Waals surface area (Å²) in [7, 11) is -1.27. The summed E-state index contributed by atoms with van der Waals surface area (Å²) in [6, 6.07) is 16.0. The van der Waals surface area contributed by atoms with Gasteiger partial charge in [0, 0.05) is 26.8 Å². The van der Waals surface area contributed by atoms with E-state index in [-0.39, 0.29) is 21.5 Å². The van der Waals surface area contributed by atoms with Crippen LogP contribution in [-0.2, 0) is 6.16 Å². The van der Waals surface area contributed by atoms with Crippen LogP contribution in [-0.4, -0.2) is 10.2 Å². The van der Waals surface area contributed by atoms with Crippen molar-refractivity contribution >= 4 is 64.9 Å². The van der Waals surface area contributed by atoms with Crippen LogP contribution < -0.4 is 10.6 Å². The molecular weight excluding hydrogens is 433 g/mol. The zero-order valence-electron chi connectivity index (χ0n) is 13.3. The zero-order valence-corrected chi connectivity index (χ0v) is 17.2. The van der Waals surface area contributed by atoms with Gasteiger partial charge < -0.3 is 10.2 Å². The van der Waals surface area contributed by atoms with Crippen LogP contribution in [0.3, 0.4) is 0 Å². The van der Waals surface area contributed by atoms with Gasteiger partial charge in [0.05, 0.1) is 10.0 Å². The van der Waals surface area contributed by atoms with Crippen molar-refractivity contribution in [3.63, 3.8) is 0 Å². The van der Waals surface area contributed by atoms with Gasteiger partial charge in [-0.1, -0.05) is 76.7 Å². The topological polar surface area (TPSA) is 40.5 Å². The van der Waals surface area contributed by atoms with Crippen LogP contribution in [0, 0.1) is 0 Å². The Bertz CT molecular complexity index is 891. The molecule has 3 aromatic carbocycles. The molecule has 0 aliphatic carbocycles. The molecule has 2 N–H and O–H groups in total. The summed E-state index contributed by atoms with van der Waals surface area (Å²) in [5.41, 5.74) is 1.03. The number of halogens is 4. The molecule has 0 aromatic heterocycles. The fraction of sp³-hybridized carbons (Fsp3) is 0.0526. The summed E-state index contributed by atoms with van der Waals surface area (Å²) >= 11 is 24.6. The van der Waals surface area contributed by atoms with Gasteiger partial charge in [-0.25, -0.2) is 0 Å². The molecule has 0 saturated carbocycles. The molecule has 2 nitrogen and oxygen atoms in total. The van der Waals surface area contributed by atoms with Crippen molar-refractivity contribution < 1.29 is 10.2 Å². The van der Waals surface area contributed by atoms with Gasteiger partial charge in [-0.05, 0) is 37.8 Å². The molecule has 0 radical (unpaired) electrons. The van der Waals surface area contributed by atoms with E-state index in [2.05, 4.69) is 0 Å². The summed E-state index contributed by atoms with van der Waals surface area (Å²) < 4.78 is 0. The molecule has 26 heavy (non-hydrogen) atoms. The average Bonchev–Trinajstić information content (AvgIpc) is 2.60. The Labute approximate surface area is 172 Å². The summed E-state index contributed by atoms with van der Waals surface area (Å²) in [6.07, 6.45) is 0.546. The molecule has 3 aromatic rings. The number of aromatic hydroxyl groups is 2. The van der Waals surface area contributed by atoms with Crippen molar-refractivity contribution in [2.45, 2.75) is 6.16 Å². The first-order chi connectivity index (χ1) is 12.4. The number of hydrogen-bond donors (Lipinski definition) is 2. The van der Waals surface area contributed by atoms with Crippen LogP contribution in [0.15, 0.2) is 54.6 Å². The SMILES string of the molecule is Oc1c(Cl)cc(Cl)cc1P(Cc1ccccc1)c1cc(Cl)cc(Cl)c1O. The summed E-state index contributed by atoms with van der Waals surface area (Å²) in [4.78, 5) is 0. The lowest BCUT2D eigenvalue weighted by atomic mass is 10.2. The maximum atomic E-state index is 10.5. The monoisotopic (exact) mass is 444 g/mol. The minimum atomic E-state index is -1.27. The Morgan fingerprint density at radius 1 is 0.692 bits per heavy atom. The smallest absolute Gasteiger partial charge is 0.142 e.